The SMILES string of the molecule is CN=C(NCCCS(=O)(=O)c1ccccc1)N1CCSC2(CCCCC2)C1.I. The van der Waals surface area contributed by atoms with Crippen LogP contribution >= 0.6 is 35.7 Å². The van der Waals surface area contributed by atoms with Crippen LogP contribution in [0.5, 0.6) is 0 Å². The van der Waals surface area contributed by atoms with Crippen molar-refractivity contribution in [3.05, 3.63) is 30.3 Å². The van der Waals surface area contributed by atoms with Gasteiger partial charge in [0.2, 0.25) is 0 Å². The third kappa shape index (κ3) is 6.26. The predicted molar refractivity (Wildman–Crippen MR) is 130 cm³/mol. The maximum absolute atomic E-state index is 12.4. The first kappa shape index (κ1) is 23.8. The molecule has 2 fully saturated rings. The first-order valence-electron chi connectivity index (χ1n) is 9.92. The fourth-order valence-electron chi connectivity index (χ4n) is 4.06. The second-order valence-corrected chi connectivity index (χ2v) is 11.1. The Morgan fingerprint density at radius 2 is 1.93 bits per heavy atom. The van der Waals surface area contributed by atoms with E-state index >= 15 is 0 Å². The van der Waals surface area contributed by atoms with Gasteiger partial charge in [0.1, 0.15) is 0 Å². The predicted octanol–water partition coefficient (Wildman–Crippen LogP) is 3.80. The van der Waals surface area contributed by atoms with E-state index in [-0.39, 0.29) is 29.7 Å². The van der Waals surface area contributed by atoms with Gasteiger partial charge >= 0.3 is 0 Å². The molecule has 0 bridgehead atoms. The van der Waals surface area contributed by atoms with Gasteiger partial charge in [-0.25, -0.2) is 8.42 Å². The Hall–Kier alpha value is -0.480. The molecule has 28 heavy (non-hydrogen) atoms. The summed E-state index contributed by atoms with van der Waals surface area (Å²) in [5, 5.41) is 3.39. The van der Waals surface area contributed by atoms with Crippen molar-refractivity contribution in [2.45, 2.75) is 48.2 Å². The average Bonchev–Trinajstić information content (AvgIpc) is 2.69. The van der Waals surface area contributed by atoms with Gasteiger partial charge in [-0.1, -0.05) is 37.5 Å². The van der Waals surface area contributed by atoms with Gasteiger partial charge in [-0.05, 0) is 31.4 Å². The van der Waals surface area contributed by atoms with Crippen LogP contribution in [0.2, 0.25) is 0 Å². The van der Waals surface area contributed by atoms with E-state index in [4.69, 9.17) is 0 Å². The molecule has 1 aromatic carbocycles. The van der Waals surface area contributed by atoms with Crippen LogP contribution in [-0.2, 0) is 9.84 Å². The number of rotatable bonds is 5. The lowest BCUT2D eigenvalue weighted by Crippen LogP contribution is -2.53. The van der Waals surface area contributed by atoms with E-state index in [9.17, 15) is 8.42 Å². The van der Waals surface area contributed by atoms with Crippen LogP contribution in [0.4, 0.5) is 0 Å². The molecular formula is C20H32IN3O2S2. The third-order valence-corrected chi connectivity index (χ3v) is 8.85. The fraction of sp³-hybridized carbons (Fsp3) is 0.650. The van der Waals surface area contributed by atoms with Crippen molar-refractivity contribution in [2.24, 2.45) is 4.99 Å². The van der Waals surface area contributed by atoms with Gasteiger partial charge < -0.3 is 10.2 Å². The Bertz CT molecular complexity index is 730. The molecule has 1 saturated heterocycles. The summed E-state index contributed by atoms with van der Waals surface area (Å²) in [5.41, 5.74) is 0. The highest BCUT2D eigenvalue weighted by atomic mass is 127. The first-order chi connectivity index (χ1) is 13.0. The van der Waals surface area contributed by atoms with E-state index in [1.807, 2.05) is 13.1 Å². The maximum atomic E-state index is 12.4. The number of hydrogen-bond acceptors (Lipinski definition) is 4. The van der Waals surface area contributed by atoms with E-state index in [0.717, 1.165) is 24.8 Å². The van der Waals surface area contributed by atoms with Gasteiger partial charge in [-0.3, -0.25) is 4.99 Å². The van der Waals surface area contributed by atoms with Crippen molar-refractivity contribution >= 4 is 51.5 Å². The van der Waals surface area contributed by atoms with Gasteiger partial charge in [0.15, 0.2) is 15.8 Å². The second kappa shape index (κ2) is 11.1. The summed E-state index contributed by atoms with van der Waals surface area (Å²) in [6, 6.07) is 8.69. The lowest BCUT2D eigenvalue weighted by Gasteiger charge is -2.45. The van der Waals surface area contributed by atoms with Crippen molar-refractivity contribution < 1.29 is 8.42 Å². The fourth-order valence-corrected chi connectivity index (χ4v) is 6.97. The van der Waals surface area contributed by atoms with Crippen LogP contribution in [0.3, 0.4) is 0 Å². The molecule has 1 aliphatic heterocycles. The topological polar surface area (TPSA) is 61.8 Å². The lowest BCUT2D eigenvalue weighted by molar-refractivity contribution is 0.293. The highest BCUT2D eigenvalue weighted by molar-refractivity contribution is 14.0. The van der Waals surface area contributed by atoms with Crippen molar-refractivity contribution in [3.8, 4) is 0 Å². The van der Waals surface area contributed by atoms with Gasteiger partial charge in [-0.15, -0.1) is 24.0 Å². The van der Waals surface area contributed by atoms with Gasteiger partial charge in [0.05, 0.1) is 10.6 Å². The van der Waals surface area contributed by atoms with E-state index in [1.165, 1.54) is 32.1 Å². The number of guanidine groups is 1. The quantitative estimate of drug-likeness (QED) is 0.268. The molecule has 0 atom stereocenters. The standard InChI is InChI=1S/C20H31N3O2S2.HI/c1-21-19(23-14-15-26-20(17-23)11-6-3-7-12-20)22-13-8-16-27(24,25)18-9-4-2-5-10-18;/h2,4-5,9-10H,3,6-8,11-17H2,1H3,(H,21,22);1H. The van der Waals surface area contributed by atoms with Gasteiger partial charge in [0.25, 0.3) is 0 Å². The Balaban J connectivity index is 0.00000280. The molecule has 8 heteroatoms. The number of nitrogens with one attached hydrogen (secondary N) is 1. The number of thioether (sulfide) groups is 1. The smallest absolute Gasteiger partial charge is 0.193 e. The molecule has 1 aliphatic carbocycles. The molecule has 0 amide bonds. The highest BCUT2D eigenvalue weighted by Crippen LogP contribution is 2.42. The van der Waals surface area contributed by atoms with Crippen molar-refractivity contribution in [1.29, 1.82) is 0 Å². The van der Waals surface area contributed by atoms with Crippen LogP contribution in [0.1, 0.15) is 38.5 Å². The summed E-state index contributed by atoms with van der Waals surface area (Å²) in [6.07, 6.45) is 7.23. The molecule has 0 aromatic heterocycles. The lowest BCUT2D eigenvalue weighted by atomic mass is 9.87. The summed E-state index contributed by atoms with van der Waals surface area (Å²) in [5.74, 6) is 2.21. The number of sulfone groups is 1. The summed E-state index contributed by atoms with van der Waals surface area (Å²) >= 11 is 2.14. The zero-order chi connectivity index (χ0) is 19.2. The van der Waals surface area contributed by atoms with Crippen molar-refractivity contribution in [3.63, 3.8) is 0 Å². The summed E-state index contributed by atoms with van der Waals surface area (Å²) < 4.78 is 25.2. The van der Waals surface area contributed by atoms with Gasteiger partial charge in [-0.2, -0.15) is 11.8 Å². The molecule has 0 unspecified atom stereocenters. The van der Waals surface area contributed by atoms with Crippen LogP contribution < -0.4 is 5.32 Å². The van der Waals surface area contributed by atoms with Crippen LogP contribution in [0.25, 0.3) is 0 Å². The normalized spacial score (nSPS) is 19.9. The first-order valence-corrected chi connectivity index (χ1v) is 12.6. The molecule has 1 N–H and O–H groups in total. The molecule has 1 aromatic rings. The molecule has 1 spiro atoms. The zero-order valence-electron chi connectivity index (χ0n) is 16.6. The van der Waals surface area contributed by atoms with Crippen molar-refractivity contribution in [2.75, 3.05) is 38.2 Å². The number of aliphatic imine (C=N–C) groups is 1. The third-order valence-electron chi connectivity index (χ3n) is 5.50. The van der Waals surface area contributed by atoms with Crippen LogP contribution in [-0.4, -0.2) is 62.2 Å². The minimum absolute atomic E-state index is 0. The maximum Gasteiger partial charge on any atom is 0.193 e. The van der Waals surface area contributed by atoms with E-state index < -0.39 is 9.84 Å². The van der Waals surface area contributed by atoms with Crippen molar-refractivity contribution in [1.82, 2.24) is 10.2 Å². The molecule has 0 radical (unpaired) electrons. The number of halogens is 1. The summed E-state index contributed by atoms with van der Waals surface area (Å²) in [4.78, 5) is 7.23. The minimum Gasteiger partial charge on any atom is -0.356 e. The Morgan fingerprint density at radius 3 is 2.61 bits per heavy atom. The zero-order valence-corrected chi connectivity index (χ0v) is 20.6. The summed E-state index contributed by atoms with van der Waals surface area (Å²) in [7, 11) is -1.39. The Kier molecular flexibility index (Phi) is 9.40. The number of nitrogens with zero attached hydrogens (tertiary/aromatic N) is 2. The molecular weight excluding hydrogens is 505 g/mol. The molecule has 158 valence electrons. The van der Waals surface area contributed by atoms with Gasteiger partial charge in [0, 0.05) is 37.2 Å². The molecule has 2 aliphatic rings. The van der Waals surface area contributed by atoms with E-state index in [2.05, 4.69) is 27.0 Å². The molecule has 5 nitrogen and oxygen atoms in total. The minimum atomic E-state index is -3.21. The highest BCUT2D eigenvalue weighted by Gasteiger charge is 2.38. The molecule has 1 saturated carbocycles. The number of hydrogen-bond donors (Lipinski definition) is 1. The van der Waals surface area contributed by atoms with Crippen LogP contribution in [0, 0.1) is 0 Å². The Morgan fingerprint density at radius 1 is 1.21 bits per heavy atom. The van der Waals surface area contributed by atoms with Crippen LogP contribution in [0.15, 0.2) is 40.2 Å². The van der Waals surface area contributed by atoms with E-state index in [0.29, 0.717) is 22.6 Å². The largest absolute Gasteiger partial charge is 0.356 e. The number of benzene rings is 1. The molecule has 1 heterocycles. The molecule has 3 rings (SSSR count). The monoisotopic (exact) mass is 537 g/mol. The summed E-state index contributed by atoms with van der Waals surface area (Å²) in [6.45, 7) is 2.68. The average molecular weight is 538 g/mol. The Labute approximate surface area is 191 Å². The van der Waals surface area contributed by atoms with E-state index in [1.54, 1.807) is 24.3 Å². The second-order valence-electron chi connectivity index (χ2n) is 7.47.